The van der Waals surface area contributed by atoms with Gasteiger partial charge in [0.2, 0.25) is 0 Å². The summed E-state index contributed by atoms with van der Waals surface area (Å²) in [5, 5.41) is 0.675. The average molecular weight is 459 g/mol. The number of carbonyl (C=O) groups is 3. The van der Waals surface area contributed by atoms with E-state index in [1.807, 2.05) is 31.2 Å². The third-order valence-electron chi connectivity index (χ3n) is 5.21. The van der Waals surface area contributed by atoms with Crippen molar-refractivity contribution in [1.82, 2.24) is 4.90 Å². The Hall–Kier alpha value is -3.06. The third kappa shape index (κ3) is 6.72. The number of ketones is 1. The lowest BCUT2D eigenvalue weighted by Crippen LogP contribution is -2.49. The molecule has 0 radical (unpaired) electrons. The average Bonchev–Trinajstić information content (AvgIpc) is 2.82. The van der Waals surface area contributed by atoms with Crippen molar-refractivity contribution in [3.05, 3.63) is 59.1 Å². The van der Waals surface area contributed by atoms with Crippen LogP contribution in [0.4, 0.5) is 5.69 Å². The molecule has 1 heterocycles. The van der Waals surface area contributed by atoms with Crippen LogP contribution in [0.5, 0.6) is 5.75 Å². The zero-order chi connectivity index (χ0) is 22.9. The Labute approximate surface area is 192 Å². The number of hydrogen-bond acceptors (Lipinski definition) is 6. The summed E-state index contributed by atoms with van der Waals surface area (Å²) >= 11 is 6.05. The van der Waals surface area contributed by atoms with Crippen molar-refractivity contribution in [3.63, 3.8) is 0 Å². The maximum atomic E-state index is 12.4. The fraction of sp³-hybridized carbons (Fsp3) is 0.375. The maximum absolute atomic E-state index is 12.4. The monoisotopic (exact) mass is 458 g/mol. The highest BCUT2D eigenvalue weighted by molar-refractivity contribution is 6.30. The van der Waals surface area contributed by atoms with Crippen molar-refractivity contribution in [1.29, 1.82) is 0 Å². The smallest absolute Gasteiger partial charge is 0.306 e. The van der Waals surface area contributed by atoms with E-state index in [1.165, 1.54) is 0 Å². The van der Waals surface area contributed by atoms with Crippen molar-refractivity contribution < 1.29 is 23.9 Å². The molecular formula is C24H27ClN2O5. The number of nitrogens with zero attached hydrogens (tertiary/aromatic N) is 2. The van der Waals surface area contributed by atoms with Crippen molar-refractivity contribution in [2.45, 2.75) is 19.8 Å². The topological polar surface area (TPSA) is 76.2 Å². The second-order valence-electron chi connectivity index (χ2n) is 7.39. The summed E-state index contributed by atoms with van der Waals surface area (Å²) in [5.74, 6) is -0.263. The molecule has 0 aromatic heterocycles. The molecule has 1 amide bonds. The molecule has 8 heteroatoms. The van der Waals surface area contributed by atoms with Crippen LogP contribution in [0.1, 0.15) is 30.1 Å². The molecule has 0 atom stereocenters. The van der Waals surface area contributed by atoms with Gasteiger partial charge in [-0.25, -0.2) is 0 Å². The van der Waals surface area contributed by atoms with Gasteiger partial charge in [0, 0.05) is 48.9 Å². The molecule has 1 saturated heterocycles. The van der Waals surface area contributed by atoms with E-state index in [2.05, 4.69) is 4.90 Å². The van der Waals surface area contributed by atoms with Gasteiger partial charge in [0.05, 0.1) is 13.0 Å². The van der Waals surface area contributed by atoms with Gasteiger partial charge in [0.15, 0.2) is 12.4 Å². The Morgan fingerprint density at radius 2 is 1.69 bits per heavy atom. The molecule has 0 spiro atoms. The minimum absolute atomic E-state index is 0.0271. The molecule has 2 aromatic rings. The molecule has 32 heavy (non-hydrogen) atoms. The van der Waals surface area contributed by atoms with Crippen LogP contribution in [0.25, 0.3) is 0 Å². The summed E-state index contributed by atoms with van der Waals surface area (Å²) in [6.45, 7) is 4.56. The molecule has 1 aliphatic heterocycles. The first-order valence-electron chi connectivity index (χ1n) is 10.7. The summed E-state index contributed by atoms with van der Waals surface area (Å²) in [7, 11) is 0. The Bertz CT molecular complexity index is 940. The lowest BCUT2D eigenvalue weighted by Gasteiger charge is -2.36. The first kappa shape index (κ1) is 23.6. The number of hydrogen-bond donors (Lipinski definition) is 0. The normalized spacial score (nSPS) is 13.6. The van der Waals surface area contributed by atoms with E-state index >= 15 is 0 Å². The van der Waals surface area contributed by atoms with Crippen LogP contribution in [-0.2, 0) is 14.3 Å². The highest BCUT2D eigenvalue weighted by Crippen LogP contribution is 2.21. The van der Waals surface area contributed by atoms with Gasteiger partial charge < -0.3 is 19.3 Å². The van der Waals surface area contributed by atoms with Crippen LogP contribution in [0.15, 0.2) is 48.5 Å². The van der Waals surface area contributed by atoms with Crippen LogP contribution < -0.4 is 9.64 Å². The number of halogens is 1. The van der Waals surface area contributed by atoms with Crippen LogP contribution in [0.2, 0.25) is 5.02 Å². The number of Topliss-reactive ketones (excluding diaryl/α,β-unsaturated/α-hetero) is 1. The summed E-state index contributed by atoms with van der Waals surface area (Å²) in [5.41, 5.74) is 1.53. The second-order valence-corrected chi connectivity index (χ2v) is 7.83. The third-order valence-corrected chi connectivity index (χ3v) is 5.44. The molecule has 0 aliphatic carbocycles. The van der Waals surface area contributed by atoms with Gasteiger partial charge in [0.25, 0.3) is 5.91 Å². The van der Waals surface area contributed by atoms with Gasteiger partial charge in [-0.2, -0.15) is 0 Å². The molecule has 0 bridgehead atoms. The van der Waals surface area contributed by atoms with E-state index in [0.717, 1.165) is 5.69 Å². The van der Waals surface area contributed by atoms with Gasteiger partial charge in [0.1, 0.15) is 5.75 Å². The number of esters is 1. The SMILES string of the molecule is CCOc1ccc(C(=O)CCC(=O)OCC(=O)N2CCN(c3cccc(Cl)c3)CC2)cc1. The van der Waals surface area contributed by atoms with Crippen molar-refractivity contribution in [2.75, 3.05) is 44.3 Å². The molecule has 3 rings (SSSR count). The van der Waals surface area contributed by atoms with Crippen LogP contribution in [0.3, 0.4) is 0 Å². The number of ether oxygens (including phenoxy) is 2. The van der Waals surface area contributed by atoms with E-state index in [1.54, 1.807) is 29.2 Å². The number of piperazine rings is 1. The van der Waals surface area contributed by atoms with Crippen molar-refractivity contribution >= 4 is 34.9 Å². The van der Waals surface area contributed by atoms with Crippen LogP contribution in [-0.4, -0.2) is 62.0 Å². The Morgan fingerprint density at radius 3 is 2.34 bits per heavy atom. The fourth-order valence-corrected chi connectivity index (χ4v) is 3.64. The van der Waals surface area contributed by atoms with E-state index in [0.29, 0.717) is 49.1 Å². The summed E-state index contributed by atoms with van der Waals surface area (Å²) in [6.07, 6.45) is -0.0405. The fourth-order valence-electron chi connectivity index (χ4n) is 3.46. The minimum atomic E-state index is -0.560. The molecule has 1 fully saturated rings. The molecule has 0 N–H and O–H groups in total. The molecule has 7 nitrogen and oxygen atoms in total. The molecule has 0 saturated carbocycles. The number of carbonyl (C=O) groups excluding carboxylic acids is 3. The lowest BCUT2D eigenvalue weighted by molar-refractivity contribution is -0.152. The first-order chi connectivity index (χ1) is 15.5. The minimum Gasteiger partial charge on any atom is -0.494 e. The Morgan fingerprint density at radius 1 is 0.969 bits per heavy atom. The second kappa shape index (κ2) is 11.5. The largest absolute Gasteiger partial charge is 0.494 e. The lowest BCUT2D eigenvalue weighted by atomic mass is 10.1. The predicted molar refractivity (Wildman–Crippen MR) is 122 cm³/mol. The van der Waals surface area contributed by atoms with Gasteiger partial charge >= 0.3 is 5.97 Å². The van der Waals surface area contributed by atoms with Crippen LogP contribution in [0, 0.1) is 0 Å². The van der Waals surface area contributed by atoms with E-state index in [-0.39, 0.29) is 31.1 Å². The van der Waals surface area contributed by atoms with Gasteiger partial charge in [-0.3, -0.25) is 14.4 Å². The highest BCUT2D eigenvalue weighted by Gasteiger charge is 2.22. The number of anilines is 1. The highest BCUT2D eigenvalue weighted by atomic mass is 35.5. The zero-order valence-corrected chi connectivity index (χ0v) is 18.8. The summed E-state index contributed by atoms with van der Waals surface area (Å²) in [4.78, 5) is 40.4. The van der Waals surface area contributed by atoms with Crippen LogP contribution >= 0.6 is 11.6 Å². The van der Waals surface area contributed by atoms with Gasteiger partial charge in [-0.15, -0.1) is 0 Å². The number of rotatable bonds is 9. The summed E-state index contributed by atoms with van der Waals surface area (Å²) in [6, 6.07) is 14.4. The molecule has 170 valence electrons. The Balaban J connectivity index is 1.36. The summed E-state index contributed by atoms with van der Waals surface area (Å²) < 4.78 is 10.4. The zero-order valence-electron chi connectivity index (χ0n) is 18.1. The molecule has 1 aliphatic rings. The number of benzene rings is 2. The first-order valence-corrected chi connectivity index (χ1v) is 11.0. The quantitative estimate of drug-likeness (QED) is 0.422. The Kier molecular flexibility index (Phi) is 8.50. The van der Waals surface area contributed by atoms with Crippen molar-refractivity contribution in [2.24, 2.45) is 0 Å². The van der Waals surface area contributed by atoms with E-state index in [4.69, 9.17) is 21.1 Å². The van der Waals surface area contributed by atoms with E-state index < -0.39 is 5.97 Å². The standard InChI is InChI=1S/C24H27ClN2O5/c1-2-31-21-8-6-18(7-9-21)22(28)10-11-24(30)32-17-23(29)27-14-12-26(13-15-27)20-5-3-4-19(25)16-20/h3-9,16H,2,10-15,17H2,1H3. The van der Waals surface area contributed by atoms with Crippen molar-refractivity contribution in [3.8, 4) is 5.75 Å². The predicted octanol–water partition coefficient (Wildman–Crippen LogP) is 3.59. The number of amides is 1. The van der Waals surface area contributed by atoms with E-state index in [9.17, 15) is 14.4 Å². The maximum Gasteiger partial charge on any atom is 0.306 e. The molecular weight excluding hydrogens is 432 g/mol. The van der Waals surface area contributed by atoms with Gasteiger partial charge in [-0.1, -0.05) is 17.7 Å². The van der Waals surface area contributed by atoms with Gasteiger partial charge in [-0.05, 0) is 49.4 Å². The molecule has 2 aromatic carbocycles. The molecule has 0 unspecified atom stereocenters.